The van der Waals surface area contributed by atoms with Gasteiger partial charge in [0.05, 0.1) is 13.0 Å². The van der Waals surface area contributed by atoms with Crippen molar-refractivity contribution in [2.75, 3.05) is 49.8 Å². The molecule has 2 aliphatic heterocycles. The molecule has 158 valence electrons. The van der Waals surface area contributed by atoms with Crippen LogP contribution >= 0.6 is 11.8 Å². The molecule has 4 rings (SSSR count). The van der Waals surface area contributed by atoms with Crippen LogP contribution in [0.3, 0.4) is 0 Å². The predicted molar refractivity (Wildman–Crippen MR) is 120 cm³/mol. The van der Waals surface area contributed by atoms with E-state index >= 15 is 0 Å². The summed E-state index contributed by atoms with van der Waals surface area (Å²) in [6, 6.07) is 16.9. The first kappa shape index (κ1) is 20.6. The minimum Gasteiger partial charge on any atom is -0.497 e. The summed E-state index contributed by atoms with van der Waals surface area (Å²) in [5, 5.41) is 0. The number of hydrogen-bond acceptors (Lipinski definition) is 5. The molecule has 6 nitrogen and oxygen atoms in total. The molecule has 2 heterocycles. The van der Waals surface area contributed by atoms with Crippen molar-refractivity contribution in [1.29, 1.82) is 0 Å². The summed E-state index contributed by atoms with van der Waals surface area (Å²) in [6.45, 7) is 3.08. The third kappa shape index (κ3) is 4.41. The molecule has 0 bridgehead atoms. The highest BCUT2D eigenvalue weighted by molar-refractivity contribution is 7.99. The van der Waals surface area contributed by atoms with Gasteiger partial charge in [0.1, 0.15) is 11.8 Å². The fourth-order valence-electron chi connectivity index (χ4n) is 3.99. The fourth-order valence-corrected chi connectivity index (χ4v) is 5.14. The Hall–Kier alpha value is -2.67. The second kappa shape index (κ2) is 9.43. The molecule has 0 radical (unpaired) electrons. The average molecular weight is 426 g/mol. The third-order valence-corrected chi connectivity index (χ3v) is 6.71. The van der Waals surface area contributed by atoms with Crippen molar-refractivity contribution >= 4 is 29.3 Å². The minimum absolute atomic E-state index is 0.0615. The first-order valence-electron chi connectivity index (χ1n) is 10.3. The van der Waals surface area contributed by atoms with E-state index in [2.05, 4.69) is 17.0 Å². The molecule has 1 atom stereocenters. The standard InChI is InChI=1S/C23H27N3O3S/c1-29-20-10-8-19(9-11-20)24-12-5-13-25(15-14-24)23(28)21-16-30-17-26(21)22(27)18-6-3-2-4-7-18/h2-4,6-11,21H,5,12-17H2,1H3. The number of rotatable bonds is 4. The van der Waals surface area contributed by atoms with Crippen molar-refractivity contribution in [1.82, 2.24) is 9.80 Å². The summed E-state index contributed by atoms with van der Waals surface area (Å²) >= 11 is 1.65. The molecule has 2 fully saturated rings. The Bertz CT molecular complexity index is 875. The van der Waals surface area contributed by atoms with Crippen molar-refractivity contribution in [3.63, 3.8) is 0 Å². The number of nitrogens with zero attached hydrogens (tertiary/aromatic N) is 3. The summed E-state index contributed by atoms with van der Waals surface area (Å²) in [7, 11) is 1.66. The number of methoxy groups -OCH3 is 1. The second-order valence-electron chi connectivity index (χ2n) is 7.52. The number of anilines is 1. The van der Waals surface area contributed by atoms with Crippen LogP contribution in [0.15, 0.2) is 54.6 Å². The van der Waals surface area contributed by atoms with E-state index in [9.17, 15) is 9.59 Å². The van der Waals surface area contributed by atoms with Gasteiger partial charge in [0, 0.05) is 43.2 Å². The smallest absolute Gasteiger partial charge is 0.255 e. The molecule has 0 saturated carbocycles. The lowest BCUT2D eigenvalue weighted by molar-refractivity contribution is -0.134. The van der Waals surface area contributed by atoms with Crippen LogP contribution in [0.2, 0.25) is 0 Å². The van der Waals surface area contributed by atoms with Crippen LogP contribution in [-0.4, -0.2) is 72.6 Å². The highest BCUT2D eigenvalue weighted by Gasteiger charge is 2.37. The molecule has 30 heavy (non-hydrogen) atoms. The van der Waals surface area contributed by atoms with Crippen LogP contribution < -0.4 is 9.64 Å². The maximum Gasteiger partial charge on any atom is 0.255 e. The van der Waals surface area contributed by atoms with Gasteiger partial charge < -0.3 is 19.4 Å². The molecule has 2 saturated heterocycles. The first-order valence-corrected chi connectivity index (χ1v) is 11.4. The van der Waals surface area contributed by atoms with Gasteiger partial charge in [0.25, 0.3) is 5.91 Å². The summed E-state index contributed by atoms with van der Waals surface area (Å²) in [5.41, 5.74) is 1.78. The molecule has 2 aromatic rings. The lowest BCUT2D eigenvalue weighted by Crippen LogP contribution is -2.49. The Morgan fingerprint density at radius 2 is 1.73 bits per heavy atom. The SMILES string of the molecule is COc1ccc(N2CCCN(C(=O)C3CSCN3C(=O)c3ccccc3)CC2)cc1. The Morgan fingerprint density at radius 1 is 0.967 bits per heavy atom. The molecule has 7 heteroatoms. The average Bonchev–Trinajstić information content (AvgIpc) is 3.16. The van der Waals surface area contributed by atoms with Gasteiger partial charge in [-0.05, 0) is 42.8 Å². The van der Waals surface area contributed by atoms with Gasteiger partial charge in [-0.25, -0.2) is 0 Å². The highest BCUT2D eigenvalue weighted by atomic mass is 32.2. The Kier molecular flexibility index (Phi) is 6.47. The van der Waals surface area contributed by atoms with Crippen LogP contribution in [-0.2, 0) is 4.79 Å². The van der Waals surface area contributed by atoms with Gasteiger partial charge in [-0.15, -0.1) is 11.8 Å². The summed E-state index contributed by atoms with van der Waals surface area (Å²) in [4.78, 5) is 32.2. The Morgan fingerprint density at radius 3 is 2.47 bits per heavy atom. The van der Waals surface area contributed by atoms with Gasteiger partial charge in [-0.2, -0.15) is 0 Å². The predicted octanol–water partition coefficient (Wildman–Crippen LogP) is 2.95. The number of hydrogen-bond donors (Lipinski definition) is 0. The number of amides is 2. The van der Waals surface area contributed by atoms with Crippen LogP contribution in [0.25, 0.3) is 0 Å². The normalized spacial score (nSPS) is 19.5. The largest absolute Gasteiger partial charge is 0.497 e. The summed E-state index contributed by atoms with van der Waals surface area (Å²) in [5.74, 6) is 2.08. The molecular weight excluding hydrogens is 398 g/mol. The molecule has 2 amide bonds. The highest BCUT2D eigenvalue weighted by Crippen LogP contribution is 2.26. The summed E-state index contributed by atoms with van der Waals surface area (Å²) in [6.07, 6.45) is 0.907. The molecular formula is C23H27N3O3S. The van der Waals surface area contributed by atoms with Crippen molar-refractivity contribution in [2.24, 2.45) is 0 Å². The van der Waals surface area contributed by atoms with E-state index in [1.807, 2.05) is 47.4 Å². The fraction of sp³-hybridized carbons (Fsp3) is 0.391. The molecule has 0 aromatic heterocycles. The topological polar surface area (TPSA) is 53.1 Å². The molecule has 0 N–H and O–H groups in total. The van der Waals surface area contributed by atoms with E-state index in [0.29, 0.717) is 23.7 Å². The Balaban J connectivity index is 1.41. The van der Waals surface area contributed by atoms with E-state index in [1.54, 1.807) is 23.8 Å². The Labute approximate surface area is 181 Å². The van der Waals surface area contributed by atoms with Gasteiger partial charge in [-0.1, -0.05) is 18.2 Å². The zero-order valence-electron chi connectivity index (χ0n) is 17.2. The first-order chi connectivity index (χ1) is 14.7. The quantitative estimate of drug-likeness (QED) is 0.754. The van der Waals surface area contributed by atoms with Crippen molar-refractivity contribution in [3.8, 4) is 5.75 Å². The number of carbonyl (C=O) groups excluding carboxylic acids is 2. The monoisotopic (exact) mass is 425 g/mol. The minimum atomic E-state index is -0.379. The molecule has 1 unspecified atom stereocenters. The van der Waals surface area contributed by atoms with Gasteiger partial charge in [0.2, 0.25) is 5.91 Å². The lowest BCUT2D eigenvalue weighted by Gasteiger charge is -2.29. The van der Waals surface area contributed by atoms with E-state index in [0.717, 1.165) is 37.5 Å². The van der Waals surface area contributed by atoms with E-state index in [-0.39, 0.29) is 17.9 Å². The van der Waals surface area contributed by atoms with Crippen molar-refractivity contribution in [2.45, 2.75) is 12.5 Å². The maximum atomic E-state index is 13.3. The lowest BCUT2D eigenvalue weighted by atomic mass is 10.1. The van der Waals surface area contributed by atoms with E-state index in [4.69, 9.17) is 4.74 Å². The van der Waals surface area contributed by atoms with Crippen molar-refractivity contribution < 1.29 is 14.3 Å². The van der Waals surface area contributed by atoms with Gasteiger partial charge in [-0.3, -0.25) is 9.59 Å². The number of carbonyl (C=O) groups is 2. The van der Waals surface area contributed by atoms with Gasteiger partial charge in [0.15, 0.2) is 0 Å². The molecule has 2 aromatic carbocycles. The second-order valence-corrected chi connectivity index (χ2v) is 8.52. The number of benzene rings is 2. The zero-order chi connectivity index (χ0) is 20.9. The third-order valence-electron chi connectivity index (χ3n) is 5.69. The maximum absolute atomic E-state index is 13.3. The summed E-state index contributed by atoms with van der Waals surface area (Å²) < 4.78 is 5.24. The zero-order valence-corrected chi connectivity index (χ0v) is 18.0. The van der Waals surface area contributed by atoms with E-state index < -0.39 is 0 Å². The van der Waals surface area contributed by atoms with Crippen LogP contribution in [0.5, 0.6) is 5.75 Å². The molecule has 0 spiro atoms. The molecule has 0 aliphatic carbocycles. The number of ether oxygens (including phenoxy) is 1. The van der Waals surface area contributed by atoms with E-state index in [1.165, 1.54) is 0 Å². The molecule has 2 aliphatic rings. The van der Waals surface area contributed by atoms with Crippen molar-refractivity contribution in [3.05, 3.63) is 60.2 Å². The number of thioether (sulfide) groups is 1. The van der Waals surface area contributed by atoms with Crippen LogP contribution in [0.4, 0.5) is 5.69 Å². The van der Waals surface area contributed by atoms with Gasteiger partial charge >= 0.3 is 0 Å². The van der Waals surface area contributed by atoms with Crippen LogP contribution in [0, 0.1) is 0 Å². The van der Waals surface area contributed by atoms with Crippen LogP contribution in [0.1, 0.15) is 16.8 Å².